The van der Waals surface area contributed by atoms with Crippen LogP contribution < -0.4 is 5.73 Å². The number of rotatable bonds is 6. The molecule has 0 fully saturated rings. The Hall–Kier alpha value is -1.13. The van der Waals surface area contributed by atoms with Crippen molar-refractivity contribution in [3.8, 4) is 0 Å². The summed E-state index contributed by atoms with van der Waals surface area (Å²) in [6.07, 6.45) is 2.60. The van der Waals surface area contributed by atoms with E-state index in [1.807, 2.05) is 6.07 Å². The number of hydrogen-bond donors (Lipinski definition) is 1. The molecule has 0 aliphatic carbocycles. The Morgan fingerprint density at radius 2 is 1.86 bits per heavy atom. The molecule has 0 amide bonds. The smallest absolute Gasteiger partial charge is 0.0766 e. The molecule has 21 heavy (non-hydrogen) atoms. The van der Waals surface area contributed by atoms with Crippen molar-refractivity contribution in [2.24, 2.45) is 5.73 Å². The third-order valence-corrected chi connectivity index (χ3v) is 4.63. The molecule has 1 aromatic heterocycles. The van der Waals surface area contributed by atoms with E-state index in [1.54, 1.807) is 0 Å². The maximum absolute atomic E-state index is 6.56. The normalized spacial score (nSPS) is 14.1. The van der Waals surface area contributed by atoms with Gasteiger partial charge in [0.05, 0.1) is 15.9 Å². The van der Waals surface area contributed by atoms with Crippen molar-refractivity contribution in [1.82, 2.24) is 9.78 Å². The molecule has 4 heteroatoms. The van der Waals surface area contributed by atoms with E-state index < -0.39 is 0 Å². The molecule has 1 atom stereocenters. The minimum atomic E-state index is -0.290. The molecule has 0 saturated carbocycles. The summed E-state index contributed by atoms with van der Waals surface area (Å²) in [5, 5.41) is 4.65. The van der Waals surface area contributed by atoms with E-state index in [9.17, 15) is 0 Å². The fourth-order valence-corrected chi connectivity index (χ4v) is 3.40. The van der Waals surface area contributed by atoms with E-state index in [1.165, 1.54) is 11.3 Å². The second-order valence-corrected chi connectivity index (χ2v) is 6.66. The Balaban J connectivity index is 2.22. The van der Waals surface area contributed by atoms with Crippen LogP contribution in [0.5, 0.6) is 0 Å². The molecule has 0 radical (unpaired) electrons. The van der Waals surface area contributed by atoms with Gasteiger partial charge in [-0.1, -0.05) is 37.3 Å². The Bertz CT molecular complexity index is 588. The van der Waals surface area contributed by atoms with Crippen LogP contribution in [0.4, 0.5) is 0 Å². The number of hydrogen-bond acceptors (Lipinski definition) is 2. The minimum absolute atomic E-state index is 0.290. The van der Waals surface area contributed by atoms with Gasteiger partial charge < -0.3 is 5.73 Å². The molecular weight excluding hydrogens is 326 g/mol. The highest BCUT2D eigenvalue weighted by Crippen LogP contribution is 2.26. The molecule has 1 heterocycles. The third kappa shape index (κ3) is 3.95. The SMILES string of the molecule is CCc1nn(CC)c(CC(C)(N)Cc2ccccc2)c1Br. The van der Waals surface area contributed by atoms with Gasteiger partial charge in [0, 0.05) is 18.5 Å². The van der Waals surface area contributed by atoms with Gasteiger partial charge >= 0.3 is 0 Å². The molecule has 1 aromatic carbocycles. The summed E-state index contributed by atoms with van der Waals surface area (Å²) in [4.78, 5) is 0. The first-order valence-electron chi connectivity index (χ1n) is 7.53. The number of nitrogens with two attached hydrogens (primary N) is 1. The minimum Gasteiger partial charge on any atom is -0.325 e. The lowest BCUT2D eigenvalue weighted by molar-refractivity contribution is 0.441. The predicted molar refractivity (Wildman–Crippen MR) is 91.4 cm³/mol. The van der Waals surface area contributed by atoms with Gasteiger partial charge in [-0.25, -0.2) is 0 Å². The zero-order valence-corrected chi connectivity index (χ0v) is 14.7. The highest BCUT2D eigenvalue weighted by Gasteiger charge is 2.25. The molecular formula is C17H24BrN3. The lowest BCUT2D eigenvalue weighted by atomic mass is 9.89. The fourth-order valence-electron chi connectivity index (χ4n) is 2.69. The maximum atomic E-state index is 6.56. The maximum Gasteiger partial charge on any atom is 0.0766 e. The third-order valence-electron chi connectivity index (χ3n) is 3.72. The molecule has 0 saturated heterocycles. The summed E-state index contributed by atoms with van der Waals surface area (Å²) in [5.74, 6) is 0. The molecule has 0 spiro atoms. The number of aromatic nitrogens is 2. The molecule has 2 N–H and O–H groups in total. The van der Waals surface area contributed by atoms with Gasteiger partial charge in [-0.3, -0.25) is 4.68 Å². The van der Waals surface area contributed by atoms with Gasteiger partial charge in [0.15, 0.2) is 0 Å². The molecule has 0 aliphatic heterocycles. The van der Waals surface area contributed by atoms with E-state index in [2.05, 4.69) is 70.7 Å². The summed E-state index contributed by atoms with van der Waals surface area (Å²) < 4.78 is 3.19. The van der Waals surface area contributed by atoms with Crippen LogP contribution in [0.3, 0.4) is 0 Å². The number of nitrogens with zero attached hydrogens (tertiary/aromatic N) is 2. The average molecular weight is 350 g/mol. The van der Waals surface area contributed by atoms with E-state index in [4.69, 9.17) is 5.73 Å². The van der Waals surface area contributed by atoms with E-state index in [0.717, 1.165) is 36.0 Å². The van der Waals surface area contributed by atoms with E-state index in [-0.39, 0.29) is 5.54 Å². The number of benzene rings is 1. The van der Waals surface area contributed by atoms with Crippen LogP contribution in [0.2, 0.25) is 0 Å². The molecule has 2 aromatic rings. The monoisotopic (exact) mass is 349 g/mol. The van der Waals surface area contributed by atoms with Crippen molar-refractivity contribution in [3.63, 3.8) is 0 Å². The van der Waals surface area contributed by atoms with E-state index in [0.29, 0.717) is 0 Å². The van der Waals surface area contributed by atoms with Crippen molar-refractivity contribution in [1.29, 1.82) is 0 Å². The largest absolute Gasteiger partial charge is 0.325 e. The summed E-state index contributed by atoms with van der Waals surface area (Å²) in [7, 11) is 0. The van der Waals surface area contributed by atoms with Crippen LogP contribution in [-0.2, 0) is 25.8 Å². The summed E-state index contributed by atoms with van der Waals surface area (Å²) >= 11 is 3.70. The number of halogens is 1. The second-order valence-electron chi connectivity index (χ2n) is 5.87. The molecule has 0 bridgehead atoms. The number of aryl methyl sites for hydroxylation is 2. The van der Waals surface area contributed by atoms with Crippen LogP contribution in [0.1, 0.15) is 37.7 Å². The first kappa shape index (κ1) is 16.2. The predicted octanol–water partition coefficient (Wildman–Crippen LogP) is 3.73. The van der Waals surface area contributed by atoms with Crippen LogP contribution in [0.25, 0.3) is 0 Å². The lowest BCUT2D eigenvalue weighted by Gasteiger charge is -2.25. The van der Waals surface area contributed by atoms with Crippen molar-refractivity contribution >= 4 is 15.9 Å². The van der Waals surface area contributed by atoms with Crippen molar-refractivity contribution in [2.75, 3.05) is 0 Å². The van der Waals surface area contributed by atoms with Crippen LogP contribution in [0.15, 0.2) is 34.8 Å². The summed E-state index contributed by atoms with van der Waals surface area (Å²) in [5.41, 5.74) is 9.86. The Labute approximate surface area is 135 Å². The zero-order chi connectivity index (χ0) is 15.5. The van der Waals surface area contributed by atoms with Gasteiger partial charge in [0.25, 0.3) is 0 Å². The van der Waals surface area contributed by atoms with Gasteiger partial charge in [-0.2, -0.15) is 5.10 Å². The molecule has 114 valence electrons. The van der Waals surface area contributed by atoms with Crippen molar-refractivity contribution in [3.05, 3.63) is 51.8 Å². The Morgan fingerprint density at radius 1 is 1.19 bits per heavy atom. The highest BCUT2D eigenvalue weighted by molar-refractivity contribution is 9.10. The fraction of sp³-hybridized carbons (Fsp3) is 0.471. The Morgan fingerprint density at radius 3 is 2.43 bits per heavy atom. The van der Waals surface area contributed by atoms with Gasteiger partial charge in [0.2, 0.25) is 0 Å². The quantitative estimate of drug-likeness (QED) is 0.863. The molecule has 3 nitrogen and oxygen atoms in total. The van der Waals surface area contributed by atoms with Crippen molar-refractivity contribution < 1.29 is 0 Å². The molecule has 2 rings (SSSR count). The van der Waals surface area contributed by atoms with E-state index >= 15 is 0 Å². The first-order chi connectivity index (χ1) is 9.96. The van der Waals surface area contributed by atoms with Gasteiger partial charge in [0.1, 0.15) is 0 Å². The van der Waals surface area contributed by atoms with Crippen LogP contribution in [0, 0.1) is 0 Å². The highest BCUT2D eigenvalue weighted by atomic mass is 79.9. The molecule has 0 aliphatic rings. The first-order valence-corrected chi connectivity index (χ1v) is 8.33. The topological polar surface area (TPSA) is 43.8 Å². The lowest BCUT2D eigenvalue weighted by Crippen LogP contribution is -2.41. The Kier molecular flexibility index (Phi) is 5.22. The second kappa shape index (κ2) is 6.75. The molecule has 1 unspecified atom stereocenters. The zero-order valence-electron chi connectivity index (χ0n) is 13.1. The van der Waals surface area contributed by atoms with Gasteiger partial charge in [-0.15, -0.1) is 0 Å². The van der Waals surface area contributed by atoms with Crippen LogP contribution in [-0.4, -0.2) is 15.3 Å². The summed E-state index contributed by atoms with van der Waals surface area (Å²) in [6, 6.07) is 10.4. The van der Waals surface area contributed by atoms with Gasteiger partial charge in [-0.05, 0) is 48.2 Å². The van der Waals surface area contributed by atoms with Crippen LogP contribution >= 0.6 is 15.9 Å². The summed E-state index contributed by atoms with van der Waals surface area (Å²) in [6.45, 7) is 7.23. The average Bonchev–Trinajstić information content (AvgIpc) is 2.75. The van der Waals surface area contributed by atoms with Crippen molar-refractivity contribution in [2.45, 2.75) is 52.1 Å². The standard InChI is InChI=1S/C17H24BrN3/c1-4-14-16(18)15(21(5-2)20-14)12-17(3,19)11-13-9-7-6-8-10-13/h6-10H,4-5,11-12,19H2,1-3H3.